The highest BCUT2D eigenvalue weighted by Gasteiger charge is 2.13. The van der Waals surface area contributed by atoms with Gasteiger partial charge in [-0.1, -0.05) is 24.3 Å². The number of nitrogens with one attached hydrogen (secondary N) is 1. The Hall–Kier alpha value is -2.50. The van der Waals surface area contributed by atoms with Gasteiger partial charge in [0.2, 0.25) is 0 Å². The molecule has 1 fully saturated rings. The molecule has 0 spiro atoms. The zero-order chi connectivity index (χ0) is 18.6. The van der Waals surface area contributed by atoms with Crippen LogP contribution in [0.5, 0.6) is 0 Å². The molecule has 1 amide bonds. The van der Waals surface area contributed by atoms with Crippen LogP contribution in [0.4, 0.5) is 5.69 Å². The molecule has 1 aliphatic heterocycles. The monoisotopic (exact) mass is 377 g/mol. The molecule has 5 heteroatoms. The van der Waals surface area contributed by atoms with E-state index in [9.17, 15) is 4.79 Å². The minimum Gasteiger partial charge on any atom is -0.322 e. The number of carbonyl (C=O) groups excluding carboxylic acids is 1. The maximum absolute atomic E-state index is 12.7. The minimum atomic E-state index is -0.0788. The van der Waals surface area contributed by atoms with E-state index in [1.54, 1.807) is 11.3 Å². The second kappa shape index (κ2) is 8.03. The fourth-order valence-corrected chi connectivity index (χ4v) is 4.09. The summed E-state index contributed by atoms with van der Waals surface area (Å²) >= 11 is 1.63. The predicted molar refractivity (Wildman–Crippen MR) is 111 cm³/mol. The summed E-state index contributed by atoms with van der Waals surface area (Å²) in [7, 11) is 0. The SMILES string of the molecule is Cc1nc(-c2cccc(NC(=O)c3cccc(CN4CCCC4)c3)c2)cs1. The highest BCUT2D eigenvalue weighted by molar-refractivity contribution is 7.09. The Kier molecular flexibility index (Phi) is 5.32. The van der Waals surface area contributed by atoms with E-state index >= 15 is 0 Å². The Morgan fingerprint density at radius 3 is 2.74 bits per heavy atom. The number of benzene rings is 2. The number of nitrogens with zero attached hydrogens (tertiary/aromatic N) is 2. The standard InChI is InChI=1S/C22H23N3OS/c1-16-23-21(15-27-16)18-7-5-9-20(13-18)24-22(26)19-8-4-6-17(12-19)14-25-10-2-3-11-25/h4-9,12-13,15H,2-3,10-11,14H2,1H3,(H,24,26). The molecule has 0 unspecified atom stereocenters. The fraction of sp³-hybridized carbons (Fsp3) is 0.273. The summed E-state index contributed by atoms with van der Waals surface area (Å²) < 4.78 is 0. The Morgan fingerprint density at radius 2 is 1.96 bits per heavy atom. The van der Waals surface area contributed by atoms with Crippen LogP contribution in [0.25, 0.3) is 11.3 Å². The average molecular weight is 378 g/mol. The smallest absolute Gasteiger partial charge is 0.255 e. The normalized spacial score (nSPS) is 14.4. The quantitative estimate of drug-likeness (QED) is 0.683. The maximum atomic E-state index is 12.7. The van der Waals surface area contributed by atoms with Crippen molar-refractivity contribution in [2.45, 2.75) is 26.3 Å². The summed E-state index contributed by atoms with van der Waals surface area (Å²) in [5, 5.41) is 6.10. The van der Waals surface area contributed by atoms with Crippen LogP contribution in [0.15, 0.2) is 53.9 Å². The second-order valence-electron chi connectivity index (χ2n) is 6.97. The molecule has 1 N–H and O–H groups in total. The summed E-state index contributed by atoms with van der Waals surface area (Å²) in [6.07, 6.45) is 2.55. The van der Waals surface area contributed by atoms with Crippen molar-refractivity contribution in [1.29, 1.82) is 0 Å². The van der Waals surface area contributed by atoms with Gasteiger partial charge in [0, 0.05) is 28.7 Å². The van der Waals surface area contributed by atoms with Crippen LogP contribution in [0, 0.1) is 6.92 Å². The molecule has 2 aromatic carbocycles. The summed E-state index contributed by atoms with van der Waals surface area (Å²) in [6, 6.07) is 15.8. The van der Waals surface area contributed by atoms with Crippen molar-refractivity contribution < 1.29 is 4.79 Å². The number of amides is 1. The number of rotatable bonds is 5. The Labute approximate surface area is 163 Å². The lowest BCUT2D eigenvalue weighted by atomic mass is 10.1. The van der Waals surface area contributed by atoms with Crippen LogP contribution in [-0.4, -0.2) is 28.9 Å². The first-order valence-corrected chi connectivity index (χ1v) is 10.2. The van der Waals surface area contributed by atoms with Gasteiger partial charge in [-0.2, -0.15) is 0 Å². The van der Waals surface area contributed by atoms with E-state index in [-0.39, 0.29) is 5.91 Å². The molecule has 0 saturated carbocycles. The van der Waals surface area contributed by atoms with E-state index in [0.717, 1.165) is 41.6 Å². The average Bonchev–Trinajstić information content (AvgIpc) is 3.34. The lowest BCUT2D eigenvalue weighted by molar-refractivity contribution is 0.102. The van der Waals surface area contributed by atoms with Gasteiger partial charge in [-0.15, -0.1) is 11.3 Å². The topological polar surface area (TPSA) is 45.2 Å². The Bertz CT molecular complexity index is 944. The minimum absolute atomic E-state index is 0.0788. The summed E-state index contributed by atoms with van der Waals surface area (Å²) in [5.74, 6) is -0.0788. The molecule has 27 heavy (non-hydrogen) atoms. The van der Waals surface area contributed by atoms with Gasteiger partial charge in [-0.3, -0.25) is 9.69 Å². The number of aryl methyl sites for hydroxylation is 1. The van der Waals surface area contributed by atoms with Crippen molar-refractivity contribution in [3.63, 3.8) is 0 Å². The van der Waals surface area contributed by atoms with Crippen LogP contribution in [0.1, 0.15) is 33.8 Å². The highest BCUT2D eigenvalue weighted by Crippen LogP contribution is 2.24. The third-order valence-corrected chi connectivity index (χ3v) is 5.60. The second-order valence-corrected chi connectivity index (χ2v) is 8.03. The first kappa shape index (κ1) is 17.9. The van der Waals surface area contributed by atoms with E-state index in [1.807, 2.05) is 54.8 Å². The van der Waals surface area contributed by atoms with Gasteiger partial charge >= 0.3 is 0 Å². The molecule has 0 aliphatic carbocycles. The number of anilines is 1. The van der Waals surface area contributed by atoms with E-state index in [2.05, 4.69) is 21.3 Å². The molecule has 4 nitrogen and oxygen atoms in total. The maximum Gasteiger partial charge on any atom is 0.255 e. The molecular formula is C22H23N3OS. The zero-order valence-electron chi connectivity index (χ0n) is 15.4. The van der Waals surface area contributed by atoms with E-state index in [4.69, 9.17) is 0 Å². The predicted octanol–water partition coefficient (Wildman–Crippen LogP) is 4.97. The van der Waals surface area contributed by atoms with Crippen molar-refractivity contribution in [3.05, 3.63) is 70.0 Å². The highest BCUT2D eigenvalue weighted by atomic mass is 32.1. The van der Waals surface area contributed by atoms with Crippen LogP contribution in [0.2, 0.25) is 0 Å². The third-order valence-electron chi connectivity index (χ3n) is 4.83. The number of thiazole rings is 1. The molecular weight excluding hydrogens is 354 g/mol. The molecule has 2 heterocycles. The number of carbonyl (C=O) groups is 1. The van der Waals surface area contributed by atoms with Crippen molar-refractivity contribution in [1.82, 2.24) is 9.88 Å². The van der Waals surface area contributed by atoms with E-state index < -0.39 is 0 Å². The van der Waals surface area contributed by atoms with Crippen LogP contribution in [-0.2, 0) is 6.54 Å². The van der Waals surface area contributed by atoms with Gasteiger partial charge in [0.25, 0.3) is 5.91 Å². The van der Waals surface area contributed by atoms with Crippen LogP contribution < -0.4 is 5.32 Å². The molecule has 0 radical (unpaired) electrons. The molecule has 4 rings (SSSR count). The molecule has 0 bridgehead atoms. The first-order chi connectivity index (χ1) is 13.2. The molecule has 3 aromatic rings. The molecule has 138 valence electrons. The lowest BCUT2D eigenvalue weighted by Crippen LogP contribution is -2.19. The van der Waals surface area contributed by atoms with Crippen molar-refractivity contribution in [3.8, 4) is 11.3 Å². The molecule has 1 aromatic heterocycles. The lowest BCUT2D eigenvalue weighted by Gasteiger charge is -2.15. The van der Waals surface area contributed by atoms with Gasteiger partial charge in [-0.25, -0.2) is 4.98 Å². The summed E-state index contributed by atoms with van der Waals surface area (Å²) in [5.41, 5.74) is 4.63. The van der Waals surface area contributed by atoms with Crippen molar-refractivity contribution >= 4 is 22.9 Å². The first-order valence-electron chi connectivity index (χ1n) is 9.32. The zero-order valence-corrected chi connectivity index (χ0v) is 16.3. The van der Waals surface area contributed by atoms with Gasteiger partial charge in [0.05, 0.1) is 10.7 Å². The number of hydrogen-bond acceptors (Lipinski definition) is 4. The van der Waals surface area contributed by atoms with Gasteiger partial charge in [-0.05, 0) is 62.7 Å². The number of likely N-dealkylation sites (tertiary alicyclic amines) is 1. The Morgan fingerprint density at radius 1 is 1.15 bits per heavy atom. The van der Waals surface area contributed by atoms with Crippen LogP contribution >= 0.6 is 11.3 Å². The molecule has 1 saturated heterocycles. The summed E-state index contributed by atoms with van der Waals surface area (Å²) in [4.78, 5) is 19.7. The number of aromatic nitrogens is 1. The number of hydrogen-bond donors (Lipinski definition) is 1. The van der Waals surface area contributed by atoms with Crippen molar-refractivity contribution in [2.24, 2.45) is 0 Å². The Balaban J connectivity index is 1.47. The molecule has 1 aliphatic rings. The van der Waals surface area contributed by atoms with E-state index in [0.29, 0.717) is 5.56 Å². The largest absolute Gasteiger partial charge is 0.322 e. The third kappa shape index (κ3) is 4.43. The van der Waals surface area contributed by atoms with Crippen molar-refractivity contribution in [2.75, 3.05) is 18.4 Å². The molecule has 0 atom stereocenters. The van der Waals surface area contributed by atoms with Gasteiger partial charge in [0.1, 0.15) is 0 Å². The van der Waals surface area contributed by atoms with Crippen LogP contribution in [0.3, 0.4) is 0 Å². The van der Waals surface area contributed by atoms with E-state index in [1.165, 1.54) is 18.4 Å². The van der Waals surface area contributed by atoms with Gasteiger partial charge in [0.15, 0.2) is 0 Å². The van der Waals surface area contributed by atoms with Gasteiger partial charge < -0.3 is 5.32 Å². The fourth-order valence-electron chi connectivity index (χ4n) is 3.47. The summed E-state index contributed by atoms with van der Waals surface area (Å²) in [6.45, 7) is 5.22.